The van der Waals surface area contributed by atoms with E-state index in [9.17, 15) is 4.79 Å². The fourth-order valence-electron chi connectivity index (χ4n) is 2.80. The Morgan fingerprint density at radius 2 is 1.87 bits per heavy atom. The van der Waals surface area contributed by atoms with Crippen molar-refractivity contribution in [2.45, 2.75) is 18.9 Å². The Morgan fingerprint density at radius 3 is 2.57 bits per heavy atom. The van der Waals surface area contributed by atoms with Gasteiger partial charge in [0.25, 0.3) is 5.91 Å². The number of fused-ring (bicyclic) bond motifs is 1. The third-order valence-electron chi connectivity index (χ3n) is 4.14. The summed E-state index contributed by atoms with van der Waals surface area (Å²) in [7, 11) is 0. The van der Waals surface area contributed by atoms with Crippen LogP contribution in [0.25, 0.3) is 5.65 Å². The zero-order valence-corrected chi connectivity index (χ0v) is 13.1. The zero-order chi connectivity index (χ0) is 15.8. The number of hydrogen-bond acceptors (Lipinski definition) is 3. The molecule has 5 nitrogen and oxygen atoms in total. The molecule has 1 unspecified atom stereocenters. The predicted molar refractivity (Wildman–Crippen MR) is 87.4 cm³/mol. The van der Waals surface area contributed by atoms with E-state index in [1.807, 2.05) is 24.3 Å². The second kappa shape index (κ2) is 5.66. The maximum Gasteiger partial charge on any atom is 0.274 e. The summed E-state index contributed by atoms with van der Waals surface area (Å²) in [4.78, 5) is 21.1. The number of imidazole rings is 1. The number of benzene rings is 1. The number of amides is 1. The number of rotatable bonds is 4. The Balaban J connectivity index is 1.63. The molecule has 1 fully saturated rings. The van der Waals surface area contributed by atoms with Gasteiger partial charge in [-0.3, -0.25) is 4.79 Å². The number of aromatic nitrogens is 3. The minimum Gasteiger partial charge on any atom is -0.343 e. The third-order valence-corrected chi connectivity index (χ3v) is 4.39. The van der Waals surface area contributed by atoms with Gasteiger partial charge in [-0.25, -0.2) is 9.97 Å². The average molecular weight is 327 g/mol. The van der Waals surface area contributed by atoms with E-state index < -0.39 is 0 Å². The smallest absolute Gasteiger partial charge is 0.274 e. The molecule has 1 aliphatic rings. The number of carbonyl (C=O) groups excluding carboxylic acids is 1. The van der Waals surface area contributed by atoms with Crippen LogP contribution in [-0.2, 0) is 0 Å². The van der Waals surface area contributed by atoms with Crippen LogP contribution in [0.4, 0.5) is 0 Å². The number of nitrogens with zero attached hydrogens (tertiary/aromatic N) is 3. The summed E-state index contributed by atoms with van der Waals surface area (Å²) in [6.45, 7) is 0. The normalized spacial score (nSPS) is 15.5. The van der Waals surface area contributed by atoms with E-state index >= 15 is 0 Å². The van der Waals surface area contributed by atoms with Crippen LogP contribution < -0.4 is 5.32 Å². The van der Waals surface area contributed by atoms with Crippen molar-refractivity contribution in [3.63, 3.8) is 0 Å². The lowest BCUT2D eigenvalue weighted by atomic mass is 10.0. The summed E-state index contributed by atoms with van der Waals surface area (Å²) >= 11 is 5.96. The van der Waals surface area contributed by atoms with E-state index in [1.165, 1.54) is 0 Å². The second-order valence-electron chi connectivity index (χ2n) is 5.77. The van der Waals surface area contributed by atoms with Crippen molar-refractivity contribution in [1.29, 1.82) is 0 Å². The second-order valence-corrected chi connectivity index (χ2v) is 6.21. The molecular weight excluding hydrogens is 312 g/mol. The first-order valence-electron chi connectivity index (χ1n) is 7.56. The lowest BCUT2D eigenvalue weighted by Gasteiger charge is -2.18. The molecule has 116 valence electrons. The lowest BCUT2D eigenvalue weighted by molar-refractivity contribution is 0.0928. The van der Waals surface area contributed by atoms with Crippen molar-refractivity contribution >= 4 is 23.2 Å². The van der Waals surface area contributed by atoms with Gasteiger partial charge in [-0.1, -0.05) is 23.7 Å². The van der Waals surface area contributed by atoms with E-state index in [1.54, 1.807) is 29.2 Å². The highest BCUT2D eigenvalue weighted by molar-refractivity contribution is 6.30. The van der Waals surface area contributed by atoms with E-state index in [0.717, 1.165) is 18.4 Å². The van der Waals surface area contributed by atoms with Gasteiger partial charge in [-0.05, 0) is 36.5 Å². The van der Waals surface area contributed by atoms with E-state index in [0.29, 0.717) is 22.3 Å². The summed E-state index contributed by atoms with van der Waals surface area (Å²) in [5.74, 6) is 0.272. The fourth-order valence-corrected chi connectivity index (χ4v) is 2.92. The van der Waals surface area contributed by atoms with Gasteiger partial charge >= 0.3 is 0 Å². The first-order chi connectivity index (χ1) is 11.2. The van der Waals surface area contributed by atoms with Crippen LogP contribution in [0.2, 0.25) is 5.02 Å². The molecule has 1 atom stereocenters. The number of halogens is 1. The molecule has 2 heterocycles. The highest BCUT2D eigenvalue weighted by atomic mass is 35.5. The van der Waals surface area contributed by atoms with Gasteiger partial charge in [-0.2, -0.15) is 0 Å². The van der Waals surface area contributed by atoms with Crippen molar-refractivity contribution in [3.05, 3.63) is 65.3 Å². The predicted octanol–water partition coefficient (Wildman–Crippen LogP) is 3.26. The Bertz CT molecular complexity index is 854. The van der Waals surface area contributed by atoms with Crippen LogP contribution >= 0.6 is 11.6 Å². The third kappa shape index (κ3) is 2.80. The highest BCUT2D eigenvalue weighted by Crippen LogP contribution is 2.41. The minimum absolute atomic E-state index is 0.0169. The highest BCUT2D eigenvalue weighted by Gasteiger charge is 2.34. The molecule has 3 aromatic rings. The monoisotopic (exact) mass is 326 g/mol. The minimum atomic E-state index is -0.200. The van der Waals surface area contributed by atoms with Crippen LogP contribution in [0.5, 0.6) is 0 Å². The molecule has 1 N–H and O–H groups in total. The first kappa shape index (κ1) is 14.2. The largest absolute Gasteiger partial charge is 0.343 e. The van der Waals surface area contributed by atoms with Crippen molar-refractivity contribution in [2.75, 3.05) is 0 Å². The van der Waals surface area contributed by atoms with Gasteiger partial charge in [0.15, 0.2) is 11.3 Å². The molecule has 0 aliphatic heterocycles. The molecule has 0 bridgehead atoms. The molecule has 2 aromatic heterocycles. The van der Waals surface area contributed by atoms with Crippen molar-refractivity contribution in [3.8, 4) is 0 Å². The van der Waals surface area contributed by atoms with Crippen LogP contribution in [0.3, 0.4) is 0 Å². The molecule has 6 heteroatoms. The topological polar surface area (TPSA) is 59.3 Å². The summed E-state index contributed by atoms with van der Waals surface area (Å²) in [5.41, 5.74) is 1.98. The Morgan fingerprint density at radius 1 is 1.17 bits per heavy atom. The van der Waals surface area contributed by atoms with Crippen molar-refractivity contribution < 1.29 is 4.79 Å². The molecule has 4 rings (SSSR count). The molecule has 1 aliphatic carbocycles. The molecule has 0 spiro atoms. The maximum atomic E-state index is 12.7. The molecule has 1 saturated carbocycles. The summed E-state index contributed by atoms with van der Waals surface area (Å²) in [5, 5.41) is 3.81. The Hall–Kier alpha value is -2.40. The van der Waals surface area contributed by atoms with Crippen LogP contribution in [-0.4, -0.2) is 20.3 Å². The van der Waals surface area contributed by atoms with Gasteiger partial charge < -0.3 is 9.72 Å². The summed E-state index contributed by atoms with van der Waals surface area (Å²) < 4.78 is 1.79. The number of carbonyl (C=O) groups is 1. The van der Waals surface area contributed by atoms with Gasteiger partial charge in [0, 0.05) is 29.8 Å². The summed E-state index contributed by atoms with van der Waals surface area (Å²) in [6, 6.07) is 7.62. The van der Waals surface area contributed by atoms with Crippen molar-refractivity contribution in [2.24, 2.45) is 5.92 Å². The van der Waals surface area contributed by atoms with Gasteiger partial charge in [0.1, 0.15) is 0 Å². The maximum absolute atomic E-state index is 12.7. The Labute approximate surface area is 138 Å². The van der Waals surface area contributed by atoms with Crippen LogP contribution in [0.1, 0.15) is 34.9 Å². The number of hydrogen-bond donors (Lipinski definition) is 1. The molecule has 1 amide bonds. The average Bonchev–Trinajstić information content (AvgIpc) is 3.29. The Kier molecular flexibility index (Phi) is 3.50. The van der Waals surface area contributed by atoms with Gasteiger partial charge in [0.2, 0.25) is 0 Å². The molecular formula is C17H15ClN4O. The number of nitrogens with one attached hydrogen (secondary N) is 1. The summed E-state index contributed by atoms with van der Waals surface area (Å²) in [6.07, 6.45) is 9.08. The van der Waals surface area contributed by atoms with Crippen LogP contribution in [0, 0.1) is 5.92 Å². The van der Waals surface area contributed by atoms with E-state index in [-0.39, 0.29) is 11.9 Å². The molecule has 0 saturated heterocycles. The van der Waals surface area contributed by atoms with E-state index in [2.05, 4.69) is 15.3 Å². The SMILES string of the molecule is O=C(NC(c1ccc(Cl)cc1)C1CC1)c1nccn2ccnc12. The quantitative estimate of drug-likeness (QED) is 0.800. The van der Waals surface area contributed by atoms with E-state index in [4.69, 9.17) is 11.6 Å². The lowest BCUT2D eigenvalue weighted by Crippen LogP contribution is -2.31. The zero-order valence-electron chi connectivity index (χ0n) is 12.3. The van der Waals surface area contributed by atoms with Crippen LogP contribution in [0.15, 0.2) is 49.1 Å². The molecule has 23 heavy (non-hydrogen) atoms. The van der Waals surface area contributed by atoms with Gasteiger partial charge in [-0.15, -0.1) is 0 Å². The molecule has 0 radical (unpaired) electrons. The van der Waals surface area contributed by atoms with Gasteiger partial charge in [0.05, 0.1) is 6.04 Å². The standard InChI is InChI=1S/C17H15ClN4O/c18-13-5-3-12(4-6-13)14(11-1-2-11)21-17(23)15-16-20-8-10-22(16)9-7-19-15/h3-11,14H,1-2H2,(H,21,23). The fraction of sp³-hybridized carbons (Fsp3) is 0.235. The first-order valence-corrected chi connectivity index (χ1v) is 7.94. The molecule has 1 aromatic carbocycles. The van der Waals surface area contributed by atoms with Crippen molar-refractivity contribution in [1.82, 2.24) is 19.7 Å².